The summed E-state index contributed by atoms with van der Waals surface area (Å²) in [5.74, 6) is -2.29. The molecule has 0 heterocycles. The molecule has 0 bridgehead atoms. The second-order valence-corrected chi connectivity index (χ2v) is 5.17. The van der Waals surface area contributed by atoms with Gasteiger partial charge in [-0.2, -0.15) is 13.2 Å². The number of carbonyl (C=O) groups excluding carboxylic acids is 2. The number of amides is 3. The highest BCUT2D eigenvalue weighted by molar-refractivity contribution is 6.05. The molecule has 0 aliphatic heterocycles. The number of alkyl halides is 3. The standard InChI is InChI=1S/C14H15F3N2O4/c1-19(7-3-4-7)13(22)18-12(21)8-5-10(20)11(23-2)6-9(8)14(15,16)17/h5-7,20H,3-4H2,1-2H3,(H,18,21,22). The van der Waals surface area contributed by atoms with Crippen molar-refractivity contribution >= 4 is 11.9 Å². The Hall–Kier alpha value is -2.45. The summed E-state index contributed by atoms with van der Waals surface area (Å²) in [5, 5.41) is 11.5. The van der Waals surface area contributed by atoms with Crippen molar-refractivity contribution in [1.29, 1.82) is 0 Å². The van der Waals surface area contributed by atoms with Crippen LogP contribution in [0.5, 0.6) is 11.5 Å². The zero-order chi connectivity index (χ0) is 17.4. The quantitative estimate of drug-likeness (QED) is 0.891. The lowest BCUT2D eigenvalue weighted by atomic mass is 10.0. The van der Waals surface area contributed by atoms with Gasteiger partial charge in [0.2, 0.25) is 0 Å². The van der Waals surface area contributed by atoms with Gasteiger partial charge in [0.1, 0.15) is 0 Å². The van der Waals surface area contributed by atoms with Gasteiger partial charge in [0.25, 0.3) is 5.91 Å². The van der Waals surface area contributed by atoms with Gasteiger partial charge in [0.05, 0.1) is 18.2 Å². The fourth-order valence-electron chi connectivity index (χ4n) is 2.03. The predicted molar refractivity (Wildman–Crippen MR) is 73.3 cm³/mol. The van der Waals surface area contributed by atoms with Crippen LogP contribution in [0.15, 0.2) is 12.1 Å². The van der Waals surface area contributed by atoms with E-state index in [1.807, 2.05) is 5.32 Å². The van der Waals surface area contributed by atoms with Gasteiger partial charge in [-0.15, -0.1) is 0 Å². The smallest absolute Gasteiger partial charge is 0.417 e. The van der Waals surface area contributed by atoms with E-state index in [0.29, 0.717) is 12.1 Å². The highest BCUT2D eigenvalue weighted by atomic mass is 19.4. The molecule has 23 heavy (non-hydrogen) atoms. The number of phenols is 1. The van der Waals surface area contributed by atoms with E-state index in [2.05, 4.69) is 4.74 Å². The maximum absolute atomic E-state index is 13.1. The highest BCUT2D eigenvalue weighted by Gasteiger charge is 2.37. The number of rotatable bonds is 3. The SMILES string of the molecule is COc1cc(C(F)(F)F)c(C(=O)NC(=O)N(C)C2CC2)cc1O. The van der Waals surface area contributed by atoms with E-state index in [9.17, 15) is 27.9 Å². The van der Waals surface area contributed by atoms with Gasteiger partial charge in [0.15, 0.2) is 11.5 Å². The Labute approximate surface area is 129 Å². The van der Waals surface area contributed by atoms with E-state index in [1.165, 1.54) is 11.9 Å². The molecule has 0 saturated heterocycles. The van der Waals surface area contributed by atoms with E-state index in [-0.39, 0.29) is 6.04 Å². The number of hydrogen-bond donors (Lipinski definition) is 2. The monoisotopic (exact) mass is 332 g/mol. The lowest BCUT2D eigenvalue weighted by molar-refractivity contribution is -0.138. The van der Waals surface area contributed by atoms with Gasteiger partial charge in [-0.05, 0) is 25.0 Å². The summed E-state index contributed by atoms with van der Waals surface area (Å²) in [5.41, 5.74) is -2.15. The molecule has 0 radical (unpaired) electrons. The number of hydrogen-bond acceptors (Lipinski definition) is 4. The van der Waals surface area contributed by atoms with Crippen LogP contribution in [0.25, 0.3) is 0 Å². The summed E-state index contributed by atoms with van der Waals surface area (Å²) in [4.78, 5) is 25.1. The molecule has 9 heteroatoms. The third-order valence-electron chi connectivity index (χ3n) is 3.50. The molecule has 1 aromatic carbocycles. The Morgan fingerprint density at radius 1 is 1.35 bits per heavy atom. The van der Waals surface area contributed by atoms with Crippen LogP contribution in [-0.2, 0) is 6.18 Å². The number of urea groups is 1. The van der Waals surface area contributed by atoms with Crippen molar-refractivity contribution in [2.75, 3.05) is 14.2 Å². The van der Waals surface area contributed by atoms with E-state index in [1.54, 1.807) is 0 Å². The van der Waals surface area contributed by atoms with Crippen LogP contribution in [0.2, 0.25) is 0 Å². The Kier molecular flexibility index (Phi) is 4.39. The Morgan fingerprint density at radius 3 is 2.43 bits per heavy atom. The van der Waals surface area contributed by atoms with E-state index in [4.69, 9.17) is 0 Å². The largest absolute Gasteiger partial charge is 0.504 e. The molecule has 6 nitrogen and oxygen atoms in total. The van der Waals surface area contributed by atoms with Gasteiger partial charge in [-0.25, -0.2) is 4.79 Å². The Morgan fingerprint density at radius 2 is 1.96 bits per heavy atom. The van der Waals surface area contributed by atoms with Crippen LogP contribution in [0.3, 0.4) is 0 Å². The molecule has 1 aliphatic rings. The number of halogens is 3. The number of aromatic hydroxyl groups is 1. The van der Waals surface area contributed by atoms with Gasteiger partial charge in [0, 0.05) is 13.1 Å². The first kappa shape index (κ1) is 16.9. The minimum atomic E-state index is -4.85. The van der Waals surface area contributed by atoms with Crippen molar-refractivity contribution in [1.82, 2.24) is 10.2 Å². The van der Waals surface area contributed by atoms with Gasteiger partial charge in [-0.3, -0.25) is 10.1 Å². The number of nitrogens with zero attached hydrogens (tertiary/aromatic N) is 1. The van der Waals surface area contributed by atoms with Crippen LogP contribution in [0, 0.1) is 0 Å². The van der Waals surface area contributed by atoms with Gasteiger partial charge in [-0.1, -0.05) is 0 Å². The predicted octanol–water partition coefficient (Wildman–Crippen LogP) is 2.36. The number of carbonyl (C=O) groups is 2. The molecule has 1 saturated carbocycles. The zero-order valence-electron chi connectivity index (χ0n) is 12.4. The summed E-state index contributed by atoms with van der Waals surface area (Å²) < 4.78 is 43.9. The maximum Gasteiger partial charge on any atom is 0.417 e. The Balaban J connectivity index is 2.31. The minimum Gasteiger partial charge on any atom is -0.504 e. The van der Waals surface area contributed by atoms with E-state index in [0.717, 1.165) is 20.0 Å². The van der Waals surface area contributed by atoms with Gasteiger partial charge < -0.3 is 14.7 Å². The third kappa shape index (κ3) is 3.66. The maximum atomic E-state index is 13.1. The van der Waals surface area contributed by atoms with Crippen molar-refractivity contribution in [2.45, 2.75) is 25.1 Å². The topological polar surface area (TPSA) is 78.9 Å². The van der Waals surface area contributed by atoms with Crippen molar-refractivity contribution < 1.29 is 32.6 Å². The molecule has 1 fully saturated rings. The first-order valence-corrected chi connectivity index (χ1v) is 6.71. The highest BCUT2D eigenvalue weighted by Crippen LogP contribution is 2.38. The normalized spacial score (nSPS) is 14.3. The van der Waals surface area contributed by atoms with Crippen molar-refractivity contribution in [3.63, 3.8) is 0 Å². The van der Waals surface area contributed by atoms with E-state index >= 15 is 0 Å². The number of imide groups is 1. The summed E-state index contributed by atoms with van der Waals surface area (Å²) >= 11 is 0. The fourth-order valence-corrected chi connectivity index (χ4v) is 2.03. The molecule has 0 atom stereocenters. The number of benzene rings is 1. The molecule has 0 unspecified atom stereocenters. The van der Waals surface area contributed by atoms with Crippen LogP contribution >= 0.6 is 0 Å². The number of methoxy groups -OCH3 is 1. The number of phenolic OH excluding ortho intramolecular Hbond substituents is 1. The molecule has 1 aromatic rings. The molecule has 1 aliphatic carbocycles. The summed E-state index contributed by atoms with van der Waals surface area (Å²) in [6.45, 7) is 0. The molecule has 0 spiro atoms. The first-order valence-electron chi connectivity index (χ1n) is 6.71. The minimum absolute atomic E-state index is 0.00541. The van der Waals surface area contributed by atoms with Crippen LogP contribution < -0.4 is 10.1 Å². The Bertz CT molecular complexity index is 642. The number of nitrogens with one attached hydrogen (secondary N) is 1. The summed E-state index contributed by atoms with van der Waals surface area (Å²) in [6.07, 6.45) is -3.27. The van der Waals surface area contributed by atoms with E-state index < -0.39 is 40.7 Å². The lowest BCUT2D eigenvalue weighted by Crippen LogP contribution is -2.42. The lowest BCUT2D eigenvalue weighted by Gasteiger charge is -2.18. The average molecular weight is 332 g/mol. The fraction of sp³-hybridized carbons (Fsp3) is 0.429. The molecular formula is C14H15F3N2O4. The summed E-state index contributed by atoms with van der Waals surface area (Å²) in [6, 6.07) is 0.343. The molecule has 2 N–H and O–H groups in total. The van der Waals surface area contributed by atoms with Crippen molar-refractivity contribution in [3.05, 3.63) is 23.3 Å². The van der Waals surface area contributed by atoms with Crippen LogP contribution in [0.1, 0.15) is 28.8 Å². The molecule has 126 valence electrons. The third-order valence-corrected chi connectivity index (χ3v) is 3.50. The van der Waals surface area contributed by atoms with Crippen molar-refractivity contribution in [2.24, 2.45) is 0 Å². The molecule has 0 aromatic heterocycles. The summed E-state index contributed by atoms with van der Waals surface area (Å²) in [7, 11) is 2.54. The molecule has 3 amide bonds. The second kappa shape index (κ2) is 5.98. The van der Waals surface area contributed by atoms with Gasteiger partial charge >= 0.3 is 12.2 Å². The second-order valence-electron chi connectivity index (χ2n) is 5.17. The van der Waals surface area contributed by atoms with Crippen LogP contribution in [-0.4, -0.2) is 42.1 Å². The molecule has 2 rings (SSSR count). The zero-order valence-corrected chi connectivity index (χ0v) is 12.4. The molecular weight excluding hydrogens is 317 g/mol. The van der Waals surface area contributed by atoms with Crippen molar-refractivity contribution in [3.8, 4) is 11.5 Å². The number of ether oxygens (including phenoxy) is 1. The van der Waals surface area contributed by atoms with Crippen LogP contribution in [0.4, 0.5) is 18.0 Å². The average Bonchev–Trinajstić information content (AvgIpc) is 3.29. The first-order chi connectivity index (χ1) is 10.6.